The molecule has 0 heterocycles. The van der Waals surface area contributed by atoms with E-state index in [4.69, 9.17) is 0 Å². The van der Waals surface area contributed by atoms with Crippen molar-refractivity contribution < 1.29 is 18.0 Å². The normalized spacial score (nSPS) is 12.2. The fraction of sp³-hybridized carbons (Fsp3) is 0.286. The first-order valence-electron chi connectivity index (χ1n) is 12.0. The summed E-state index contributed by atoms with van der Waals surface area (Å²) in [5.41, 5.74) is 2.25. The summed E-state index contributed by atoms with van der Waals surface area (Å²) in [6.45, 7) is 7.00. The van der Waals surface area contributed by atoms with Gasteiger partial charge in [-0.2, -0.15) is 0 Å². The minimum absolute atomic E-state index is 0.0707. The van der Waals surface area contributed by atoms with Crippen LogP contribution < -0.4 is 9.62 Å². The molecule has 9 heteroatoms. The first-order chi connectivity index (χ1) is 17.5. The van der Waals surface area contributed by atoms with E-state index in [0.717, 1.165) is 19.9 Å². The fourth-order valence-electron chi connectivity index (χ4n) is 3.73. The smallest absolute Gasteiger partial charge is 0.264 e. The number of rotatable bonds is 10. The maximum atomic E-state index is 13.8. The highest BCUT2D eigenvalue weighted by Crippen LogP contribution is 2.26. The molecule has 1 atom stereocenters. The number of aryl methyl sites for hydroxylation is 1. The topological polar surface area (TPSA) is 86.8 Å². The highest BCUT2D eigenvalue weighted by molar-refractivity contribution is 9.10. The monoisotopic (exact) mass is 585 g/mol. The van der Waals surface area contributed by atoms with Crippen LogP contribution in [0.4, 0.5) is 5.69 Å². The summed E-state index contributed by atoms with van der Waals surface area (Å²) >= 11 is 3.37. The number of carbonyl (C=O) groups is 2. The van der Waals surface area contributed by atoms with Crippen LogP contribution in [0.25, 0.3) is 0 Å². The second-order valence-electron chi connectivity index (χ2n) is 9.15. The lowest BCUT2D eigenvalue weighted by Gasteiger charge is -2.32. The van der Waals surface area contributed by atoms with Crippen LogP contribution in [0.15, 0.2) is 88.2 Å². The van der Waals surface area contributed by atoms with Crippen molar-refractivity contribution in [3.8, 4) is 0 Å². The molecule has 0 saturated heterocycles. The van der Waals surface area contributed by atoms with E-state index in [-0.39, 0.29) is 23.4 Å². The molecule has 0 aromatic heterocycles. The van der Waals surface area contributed by atoms with Gasteiger partial charge in [0.25, 0.3) is 10.0 Å². The van der Waals surface area contributed by atoms with E-state index in [1.165, 1.54) is 17.0 Å². The Morgan fingerprint density at radius 3 is 2.05 bits per heavy atom. The van der Waals surface area contributed by atoms with Crippen molar-refractivity contribution in [1.29, 1.82) is 0 Å². The number of carbonyl (C=O) groups excluding carboxylic acids is 2. The number of benzene rings is 3. The molecule has 1 N–H and O–H groups in total. The third-order valence-electron chi connectivity index (χ3n) is 5.80. The number of anilines is 1. The lowest BCUT2D eigenvalue weighted by atomic mass is 10.1. The first kappa shape index (κ1) is 28.4. The van der Waals surface area contributed by atoms with Crippen LogP contribution in [0.1, 0.15) is 31.9 Å². The molecule has 0 saturated carbocycles. The zero-order chi connectivity index (χ0) is 27.2. The Kier molecular flexibility index (Phi) is 9.50. The third kappa shape index (κ3) is 7.42. The molecule has 0 aliphatic carbocycles. The molecule has 0 bridgehead atoms. The molecule has 3 aromatic rings. The van der Waals surface area contributed by atoms with Gasteiger partial charge in [0.2, 0.25) is 11.8 Å². The molecule has 3 aromatic carbocycles. The molecule has 0 radical (unpaired) electrons. The summed E-state index contributed by atoms with van der Waals surface area (Å²) in [6, 6.07) is 21.4. The first-order valence-corrected chi connectivity index (χ1v) is 14.2. The molecule has 196 valence electrons. The largest absolute Gasteiger partial charge is 0.352 e. The van der Waals surface area contributed by atoms with Crippen molar-refractivity contribution in [1.82, 2.24) is 10.2 Å². The lowest BCUT2D eigenvalue weighted by molar-refractivity contribution is -0.139. The maximum Gasteiger partial charge on any atom is 0.264 e. The van der Waals surface area contributed by atoms with Gasteiger partial charge >= 0.3 is 0 Å². The molecule has 7 nitrogen and oxygen atoms in total. The summed E-state index contributed by atoms with van der Waals surface area (Å²) in [5, 5.41) is 2.85. The summed E-state index contributed by atoms with van der Waals surface area (Å²) < 4.78 is 29.2. The zero-order valence-corrected chi connectivity index (χ0v) is 23.8. The van der Waals surface area contributed by atoms with Gasteiger partial charge in [-0.1, -0.05) is 64.0 Å². The van der Waals surface area contributed by atoms with Gasteiger partial charge in [0.05, 0.1) is 10.6 Å². The minimum Gasteiger partial charge on any atom is -0.352 e. The molecule has 37 heavy (non-hydrogen) atoms. The Morgan fingerprint density at radius 2 is 1.49 bits per heavy atom. The highest BCUT2D eigenvalue weighted by atomic mass is 79.9. The average molecular weight is 587 g/mol. The number of hydrogen-bond acceptors (Lipinski definition) is 4. The lowest BCUT2D eigenvalue weighted by Crippen LogP contribution is -2.52. The van der Waals surface area contributed by atoms with Crippen molar-refractivity contribution in [2.24, 2.45) is 0 Å². The number of nitrogens with one attached hydrogen (secondary N) is 1. The second-order valence-corrected chi connectivity index (χ2v) is 11.9. The number of amides is 2. The number of halogens is 1. The van der Waals surface area contributed by atoms with Crippen molar-refractivity contribution in [2.45, 2.75) is 51.2 Å². The van der Waals surface area contributed by atoms with Gasteiger partial charge in [0, 0.05) is 17.1 Å². The van der Waals surface area contributed by atoms with Crippen LogP contribution in [0.2, 0.25) is 0 Å². The van der Waals surface area contributed by atoms with Crippen LogP contribution in [-0.2, 0) is 26.2 Å². The number of sulfonamides is 1. The summed E-state index contributed by atoms with van der Waals surface area (Å²) in [6.07, 6.45) is 0. The Hall–Kier alpha value is -3.17. The Balaban J connectivity index is 2.00. The molecular formula is C28H32BrN3O4S. The van der Waals surface area contributed by atoms with E-state index in [1.54, 1.807) is 49.4 Å². The van der Waals surface area contributed by atoms with Crippen molar-refractivity contribution in [3.05, 3.63) is 94.5 Å². The molecule has 0 aliphatic rings. The Morgan fingerprint density at radius 1 is 0.892 bits per heavy atom. The van der Waals surface area contributed by atoms with Gasteiger partial charge in [-0.15, -0.1) is 0 Å². The predicted molar refractivity (Wildman–Crippen MR) is 150 cm³/mol. The molecule has 0 spiro atoms. The summed E-state index contributed by atoms with van der Waals surface area (Å²) in [5.74, 6) is -0.800. The van der Waals surface area contributed by atoms with E-state index in [2.05, 4.69) is 21.2 Å². The van der Waals surface area contributed by atoms with Gasteiger partial charge in [-0.3, -0.25) is 13.9 Å². The van der Waals surface area contributed by atoms with Gasteiger partial charge in [0.1, 0.15) is 12.6 Å². The van der Waals surface area contributed by atoms with Gasteiger partial charge in [-0.05, 0) is 69.7 Å². The van der Waals surface area contributed by atoms with E-state index in [9.17, 15) is 18.0 Å². The number of hydrogen-bond donors (Lipinski definition) is 1. The van der Waals surface area contributed by atoms with E-state index in [0.29, 0.717) is 5.69 Å². The number of nitrogens with zero attached hydrogens (tertiary/aromatic N) is 2. The van der Waals surface area contributed by atoms with Crippen LogP contribution in [0.5, 0.6) is 0 Å². The quantitative estimate of drug-likeness (QED) is 0.367. The van der Waals surface area contributed by atoms with Crippen molar-refractivity contribution >= 4 is 43.5 Å². The summed E-state index contributed by atoms with van der Waals surface area (Å²) in [7, 11) is -4.07. The zero-order valence-electron chi connectivity index (χ0n) is 21.4. The van der Waals surface area contributed by atoms with Gasteiger partial charge in [-0.25, -0.2) is 8.42 Å². The van der Waals surface area contributed by atoms with E-state index < -0.39 is 28.5 Å². The Bertz CT molecular complexity index is 1310. The van der Waals surface area contributed by atoms with Crippen LogP contribution in [-0.4, -0.2) is 43.8 Å². The average Bonchev–Trinajstić information content (AvgIpc) is 2.87. The molecule has 0 aliphatic heterocycles. The highest BCUT2D eigenvalue weighted by Gasteiger charge is 2.32. The second kappa shape index (κ2) is 12.4. The van der Waals surface area contributed by atoms with E-state index in [1.807, 2.05) is 45.0 Å². The van der Waals surface area contributed by atoms with Gasteiger partial charge in [0.15, 0.2) is 0 Å². The van der Waals surface area contributed by atoms with Crippen molar-refractivity contribution in [3.63, 3.8) is 0 Å². The van der Waals surface area contributed by atoms with Crippen molar-refractivity contribution in [2.75, 3.05) is 10.8 Å². The Labute approximate surface area is 227 Å². The molecule has 0 fully saturated rings. The van der Waals surface area contributed by atoms with Crippen LogP contribution in [0, 0.1) is 6.92 Å². The SMILES string of the molecule is Cc1ccc(CN(C(=O)CN(c2ccc(Br)cc2)S(=O)(=O)c2ccccc2)C(C)C(=O)NC(C)C)cc1. The summed E-state index contributed by atoms with van der Waals surface area (Å²) in [4.78, 5) is 28.2. The molecule has 3 rings (SSSR count). The molecule has 2 amide bonds. The molecule has 1 unspecified atom stereocenters. The standard InChI is InChI=1S/C28H32BrN3O4S/c1-20(2)30-28(34)22(4)31(18-23-12-10-21(3)11-13-23)27(33)19-32(25-16-14-24(29)15-17-25)37(35,36)26-8-6-5-7-9-26/h5-17,20,22H,18-19H2,1-4H3,(H,30,34). The predicted octanol–water partition coefficient (Wildman–Crippen LogP) is 4.89. The third-order valence-corrected chi connectivity index (χ3v) is 8.11. The fourth-order valence-corrected chi connectivity index (χ4v) is 5.43. The molecular weight excluding hydrogens is 554 g/mol. The maximum absolute atomic E-state index is 13.8. The van der Waals surface area contributed by atoms with E-state index >= 15 is 0 Å². The van der Waals surface area contributed by atoms with Gasteiger partial charge < -0.3 is 10.2 Å². The van der Waals surface area contributed by atoms with Crippen LogP contribution in [0.3, 0.4) is 0 Å². The van der Waals surface area contributed by atoms with Crippen LogP contribution >= 0.6 is 15.9 Å². The minimum atomic E-state index is -4.07.